The molecule has 0 radical (unpaired) electrons. The van der Waals surface area contributed by atoms with Crippen LogP contribution in [-0.4, -0.2) is 20.0 Å². The summed E-state index contributed by atoms with van der Waals surface area (Å²) in [5, 5.41) is 2.24. The van der Waals surface area contributed by atoms with E-state index in [4.69, 9.17) is 11.6 Å². The van der Waals surface area contributed by atoms with Crippen LogP contribution >= 0.6 is 11.6 Å². The molecule has 1 aromatic carbocycles. The molecule has 0 spiro atoms. The largest absolute Gasteiger partial charge is 0.332 e. The van der Waals surface area contributed by atoms with Crippen LogP contribution in [-0.2, 0) is 14.1 Å². The topological polar surface area (TPSA) is 86.0 Å². The van der Waals surface area contributed by atoms with Gasteiger partial charge in [-0.1, -0.05) is 11.6 Å². The van der Waals surface area contributed by atoms with Crippen molar-refractivity contribution in [3.05, 3.63) is 67.5 Å². The molecule has 7 nitrogen and oxygen atoms in total. The molecule has 0 aliphatic carbocycles. The van der Waals surface area contributed by atoms with Gasteiger partial charge in [-0.25, -0.2) is 18.6 Å². The maximum atomic E-state index is 13.3. The Morgan fingerprint density at radius 1 is 1.12 bits per heavy atom. The molecule has 0 bridgehead atoms. The molecular formula is C16H11ClF2N4O3. The Bertz CT molecular complexity index is 1190. The van der Waals surface area contributed by atoms with Gasteiger partial charge in [0.1, 0.15) is 5.65 Å². The minimum atomic E-state index is -1.22. The van der Waals surface area contributed by atoms with Crippen molar-refractivity contribution in [1.82, 2.24) is 14.1 Å². The van der Waals surface area contributed by atoms with E-state index in [1.807, 2.05) is 0 Å². The number of aryl methyl sites for hydroxylation is 1. The lowest BCUT2D eigenvalue weighted by molar-refractivity contribution is 0.102. The Labute approximate surface area is 149 Å². The number of nitrogens with zero attached hydrogens (tertiary/aromatic N) is 3. The number of pyridine rings is 1. The molecule has 0 unspecified atom stereocenters. The molecule has 0 fully saturated rings. The van der Waals surface area contributed by atoms with E-state index in [9.17, 15) is 23.2 Å². The SMILES string of the molecule is Cn1c(=O)c2cc(NC(=O)c3cc(F)c(F)cc3Cl)cnc2n(C)c1=O. The molecule has 2 aromatic heterocycles. The number of rotatable bonds is 2. The first-order valence-corrected chi connectivity index (χ1v) is 7.60. The van der Waals surface area contributed by atoms with Gasteiger partial charge in [-0.3, -0.25) is 18.7 Å². The summed E-state index contributed by atoms with van der Waals surface area (Å²) in [6.07, 6.45) is 1.23. The molecule has 0 atom stereocenters. The second-order valence-corrected chi connectivity index (χ2v) is 5.91. The monoisotopic (exact) mass is 380 g/mol. The number of hydrogen-bond acceptors (Lipinski definition) is 4. The summed E-state index contributed by atoms with van der Waals surface area (Å²) in [4.78, 5) is 40.4. The average Bonchev–Trinajstić information content (AvgIpc) is 2.61. The standard InChI is InChI=1S/C16H11ClF2N4O3/c1-22-13-9(15(25)23(2)16(22)26)3-7(6-20-13)21-14(24)8-4-11(18)12(19)5-10(8)17/h3-6H,1-2H3,(H,21,24). The Balaban J connectivity index is 2.05. The van der Waals surface area contributed by atoms with Gasteiger partial charge < -0.3 is 5.32 Å². The van der Waals surface area contributed by atoms with Gasteiger partial charge in [-0.15, -0.1) is 0 Å². The minimum Gasteiger partial charge on any atom is -0.321 e. The molecule has 0 saturated carbocycles. The fourth-order valence-corrected chi connectivity index (χ4v) is 2.66. The molecule has 0 saturated heterocycles. The van der Waals surface area contributed by atoms with E-state index in [2.05, 4.69) is 10.3 Å². The molecule has 134 valence electrons. The van der Waals surface area contributed by atoms with Crippen LogP contribution < -0.4 is 16.6 Å². The van der Waals surface area contributed by atoms with Gasteiger partial charge in [-0.05, 0) is 18.2 Å². The quantitative estimate of drug-likeness (QED) is 0.687. The van der Waals surface area contributed by atoms with Crippen molar-refractivity contribution in [2.24, 2.45) is 14.1 Å². The molecule has 3 rings (SSSR count). The van der Waals surface area contributed by atoms with Gasteiger partial charge in [0.25, 0.3) is 11.5 Å². The van der Waals surface area contributed by atoms with E-state index in [0.29, 0.717) is 12.1 Å². The zero-order valence-electron chi connectivity index (χ0n) is 13.5. The third-order valence-corrected chi connectivity index (χ3v) is 4.12. The van der Waals surface area contributed by atoms with E-state index in [-0.39, 0.29) is 27.3 Å². The third kappa shape index (κ3) is 2.86. The van der Waals surface area contributed by atoms with Crippen molar-refractivity contribution < 1.29 is 13.6 Å². The van der Waals surface area contributed by atoms with Crippen molar-refractivity contribution in [3.63, 3.8) is 0 Å². The Kier molecular flexibility index (Phi) is 4.33. The van der Waals surface area contributed by atoms with Crippen molar-refractivity contribution >= 4 is 34.2 Å². The van der Waals surface area contributed by atoms with Gasteiger partial charge in [0.15, 0.2) is 11.6 Å². The highest BCUT2D eigenvalue weighted by Gasteiger charge is 2.16. The first-order valence-electron chi connectivity index (χ1n) is 7.22. The lowest BCUT2D eigenvalue weighted by Crippen LogP contribution is -2.37. The van der Waals surface area contributed by atoms with E-state index in [1.54, 1.807) is 0 Å². The van der Waals surface area contributed by atoms with Crippen molar-refractivity contribution in [3.8, 4) is 0 Å². The summed E-state index contributed by atoms with van der Waals surface area (Å²) >= 11 is 5.77. The van der Waals surface area contributed by atoms with Crippen LogP contribution in [0.15, 0.2) is 34.0 Å². The van der Waals surface area contributed by atoms with E-state index >= 15 is 0 Å². The molecule has 10 heteroatoms. The van der Waals surface area contributed by atoms with Crippen LogP contribution in [0.3, 0.4) is 0 Å². The van der Waals surface area contributed by atoms with Crippen LogP contribution in [0.5, 0.6) is 0 Å². The smallest absolute Gasteiger partial charge is 0.321 e. The van der Waals surface area contributed by atoms with E-state index < -0.39 is 28.8 Å². The summed E-state index contributed by atoms with van der Waals surface area (Å²) in [7, 11) is 2.77. The number of amides is 1. The Morgan fingerprint density at radius 3 is 2.46 bits per heavy atom. The van der Waals surface area contributed by atoms with E-state index in [1.165, 1.54) is 30.9 Å². The maximum absolute atomic E-state index is 13.3. The van der Waals surface area contributed by atoms with Gasteiger partial charge in [0, 0.05) is 14.1 Å². The van der Waals surface area contributed by atoms with Gasteiger partial charge >= 0.3 is 5.69 Å². The number of carbonyl (C=O) groups excluding carboxylic acids is 1. The number of fused-ring (bicyclic) bond motifs is 1. The molecule has 1 amide bonds. The lowest BCUT2D eigenvalue weighted by Gasteiger charge is -2.10. The first kappa shape index (κ1) is 17.7. The highest BCUT2D eigenvalue weighted by Crippen LogP contribution is 2.21. The van der Waals surface area contributed by atoms with Crippen LogP contribution in [0, 0.1) is 11.6 Å². The Morgan fingerprint density at radius 2 is 1.77 bits per heavy atom. The fourth-order valence-electron chi connectivity index (χ4n) is 2.43. The summed E-state index contributed by atoms with van der Waals surface area (Å²) in [5.74, 6) is -3.21. The van der Waals surface area contributed by atoms with Gasteiger partial charge in [-0.2, -0.15) is 0 Å². The number of aromatic nitrogens is 3. The van der Waals surface area contributed by atoms with Crippen molar-refractivity contribution in [2.75, 3.05) is 5.32 Å². The summed E-state index contributed by atoms with van der Waals surface area (Å²) < 4.78 is 28.5. The maximum Gasteiger partial charge on any atom is 0.332 e. The number of nitrogens with one attached hydrogen (secondary N) is 1. The Hall–Kier alpha value is -3.07. The van der Waals surface area contributed by atoms with E-state index in [0.717, 1.165) is 4.57 Å². The minimum absolute atomic E-state index is 0.101. The second-order valence-electron chi connectivity index (χ2n) is 5.50. The number of hydrogen-bond donors (Lipinski definition) is 1. The normalized spacial score (nSPS) is 11.0. The van der Waals surface area contributed by atoms with Crippen LogP contribution in [0.2, 0.25) is 5.02 Å². The number of anilines is 1. The summed E-state index contributed by atoms with van der Waals surface area (Å²) in [6.45, 7) is 0. The first-order chi connectivity index (χ1) is 12.2. The molecule has 2 heterocycles. The van der Waals surface area contributed by atoms with Crippen LogP contribution in [0.25, 0.3) is 11.0 Å². The summed E-state index contributed by atoms with van der Waals surface area (Å²) in [6, 6.07) is 2.69. The highest BCUT2D eigenvalue weighted by atomic mass is 35.5. The molecule has 0 aliphatic heterocycles. The predicted octanol–water partition coefficient (Wildman–Crippen LogP) is 1.82. The fraction of sp³-hybridized carbons (Fsp3) is 0.125. The zero-order chi connectivity index (χ0) is 19.2. The molecule has 3 aromatic rings. The van der Waals surface area contributed by atoms with Crippen molar-refractivity contribution in [1.29, 1.82) is 0 Å². The number of carbonyl (C=O) groups is 1. The highest BCUT2D eigenvalue weighted by molar-refractivity contribution is 6.34. The van der Waals surface area contributed by atoms with Crippen LogP contribution in [0.4, 0.5) is 14.5 Å². The second kappa shape index (κ2) is 6.34. The average molecular weight is 381 g/mol. The zero-order valence-corrected chi connectivity index (χ0v) is 14.3. The molecular weight excluding hydrogens is 370 g/mol. The number of benzene rings is 1. The molecule has 26 heavy (non-hydrogen) atoms. The van der Waals surface area contributed by atoms with Crippen LogP contribution in [0.1, 0.15) is 10.4 Å². The van der Waals surface area contributed by atoms with Gasteiger partial charge in [0.05, 0.1) is 27.9 Å². The van der Waals surface area contributed by atoms with Gasteiger partial charge in [0.2, 0.25) is 0 Å². The summed E-state index contributed by atoms with van der Waals surface area (Å²) in [5.41, 5.74) is -1.14. The molecule has 0 aliphatic rings. The number of halogens is 3. The van der Waals surface area contributed by atoms with Crippen molar-refractivity contribution in [2.45, 2.75) is 0 Å². The third-order valence-electron chi connectivity index (χ3n) is 3.81. The predicted molar refractivity (Wildman–Crippen MR) is 91.5 cm³/mol. The molecule has 1 N–H and O–H groups in total. The lowest BCUT2D eigenvalue weighted by atomic mass is 10.2.